The summed E-state index contributed by atoms with van der Waals surface area (Å²) in [4.78, 5) is 55.8. The van der Waals surface area contributed by atoms with Crippen LogP contribution in [0, 0.1) is 12.3 Å². The topological polar surface area (TPSA) is 105 Å². The molecule has 2 N–H and O–H groups in total. The van der Waals surface area contributed by atoms with E-state index in [1.807, 2.05) is 84.9 Å². The molecule has 4 aromatic rings. The minimum atomic E-state index is -0.809. The molecule has 0 aromatic heterocycles. The van der Waals surface area contributed by atoms with Crippen molar-refractivity contribution in [1.29, 1.82) is 0 Å². The number of nitrogens with zero attached hydrogens (tertiary/aromatic N) is 4. The number of hydrazine groups is 1. The number of urea groups is 1. The van der Waals surface area contributed by atoms with Gasteiger partial charge in [0.25, 0.3) is 0 Å². The predicted octanol–water partition coefficient (Wildman–Crippen LogP) is 3.59. The first-order valence-corrected chi connectivity index (χ1v) is 15.1. The highest BCUT2D eigenvalue weighted by Crippen LogP contribution is 2.31. The number of fused-ring (bicyclic) bond motifs is 2. The van der Waals surface area contributed by atoms with E-state index in [1.165, 1.54) is 5.01 Å². The third kappa shape index (κ3) is 6.27. The molecule has 2 saturated heterocycles. The lowest BCUT2D eigenvalue weighted by atomic mass is 9.98. The first-order chi connectivity index (χ1) is 22.5. The van der Waals surface area contributed by atoms with Gasteiger partial charge in [0.05, 0.1) is 19.6 Å². The average Bonchev–Trinajstić information content (AvgIpc) is 3.40. The molecule has 2 aliphatic heterocycles. The van der Waals surface area contributed by atoms with Crippen LogP contribution in [0.1, 0.15) is 16.7 Å². The first kappa shape index (κ1) is 30.4. The number of piperazine rings is 1. The number of carbonyl (C=O) groups is 4. The third-order valence-corrected chi connectivity index (χ3v) is 8.49. The van der Waals surface area contributed by atoms with Crippen molar-refractivity contribution in [3.05, 3.63) is 114 Å². The van der Waals surface area contributed by atoms with E-state index < -0.39 is 18.2 Å². The molecular weight excluding hydrogens is 580 g/mol. The maximum atomic E-state index is 14.3. The van der Waals surface area contributed by atoms with Crippen molar-refractivity contribution in [1.82, 2.24) is 25.1 Å². The maximum absolute atomic E-state index is 14.3. The number of hydrogen-bond donors (Lipinski definition) is 2. The normalized spacial score (nSPS) is 17.8. The second-order valence-electron chi connectivity index (χ2n) is 11.3. The third-order valence-electron chi connectivity index (χ3n) is 8.49. The molecule has 10 heteroatoms. The van der Waals surface area contributed by atoms with Gasteiger partial charge in [0.15, 0.2) is 0 Å². The summed E-state index contributed by atoms with van der Waals surface area (Å²) in [5.41, 5.74) is 3.36. The summed E-state index contributed by atoms with van der Waals surface area (Å²) in [5.74, 6) is 2.13. The lowest BCUT2D eigenvalue weighted by Gasteiger charge is -2.46. The van der Waals surface area contributed by atoms with Gasteiger partial charge >= 0.3 is 6.03 Å². The molecule has 46 heavy (non-hydrogen) atoms. The molecule has 2 aliphatic rings. The van der Waals surface area contributed by atoms with Gasteiger partial charge in [0.1, 0.15) is 12.2 Å². The number of amides is 5. The summed E-state index contributed by atoms with van der Waals surface area (Å²) in [5, 5.41) is 10.7. The Balaban J connectivity index is 1.32. The van der Waals surface area contributed by atoms with Gasteiger partial charge in [0.2, 0.25) is 18.2 Å². The molecule has 0 radical (unpaired) electrons. The van der Waals surface area contributed by atoms with Crippen LogP contribution in [0.5, 0.6) is 0 Å². The second-order valence-corrected chi connectivity index (χ2v) is 11.3. The van der Waals surface area contributed by atoms with Crippen LogP contribution in [0.25, 0.3) is 10.8 Å². The van der Waals surface area contributed by atoms with Gasteiger partial charge in [-0.15, -0.1) is 6.42 Å². The van der Waals surface area contributed by atoms with Gasteiger partial charge in [-0.25, -0.2) is 9.80 Å². The number of benzene rings is 4. The number of nitrogens with one attached hydrogen (secondary N) is 2. The van der Waals surface area contributed by atoms with Gasteiger partial charge in [-0.2, -0.15) is 5.01 Å². The summed E-state index contributed by atoms with van der Waals surface area (Å²) in [6, 6.07) is 29.5. The largest absolute Gasteiger partial charge is 0.333 e. The monoisotopic (exact) mass is 614 g/mol. The van der Waals surface area contributed by atoms with Crippen LogP contribution in [0.3, 0.4) is 0 Å². The van der Waals surface area contributed by atoms with Crippen molar-refractivity contribution in [2.24, 2.45) is 0 Å². The maximum Gasteiger partial charge on any atom is 0.333 e. The number of hydrogen-bond acceptors (Lipinski definition) is 5. The molecule has 4 aromatic carbocycles. The summed E-state index contributed by atoms with van der Waals surface area (Å²) in [6.45, 7) is 0.671. The van der Waals surface area contributed by atoms with Crippen molar-refractivity contribution < 1.29 is 19.2 Å². The van der Waals surface area contributed by atoms with Crippen molar-refractivity contribution in [2.45, 2.75) is 31.7 Å². The van der Waals surface area contributed by atoms with Crippen LogP contribution in [0.15, 0.2) is 97.1 Å². The van der Waals surface area contributed by atoms with E-state index in [-0.39, 0.29) is 37.9 Å². The fraction of sp³-hybridized carbons (Fsp3) is 0.222. The number of anilines is 1. The number of carbonyl (C=O) groups excluding carboxylic acids is 4. The zero-order chi connectivity index (χ0) is 32.0. The van der Waals surface area contributed by atoms with E-state index in [4.69, 9.17) is 6.42 Å². The lowest BCUT2D eigenvalue weighted by Crippen LogP contribution is -2.66. The van der Waals surface area contributed by atoms with E-state index in [0.717, 1.165) is 27.5 Å². The summed E-state index contributed by atoms with van der Waals surface area (Å²) < 4.78 is 0. The highest BCUT2D eigenvalue weighted by Gasteiger charge is 2.52. The predicted molar refractivity (Wildman–Crippen MR) is 175 cm³/mol. The van der Waals surface area contributed by atoms with E-state index in [2.05, 4.69) is 16.6 Å². The van der Waals surface area contributed by atoms with Crippen LogP contribution in [0.4, 0.5) is 10.5 Å². The van der Waals surface area contributed by atoms with E-state index in [0.29, 0.717) is 25.2 Å². The SMILES string of the molecule is C#CCN(C(=O)NCc1ccccc1)N1CC(=O)N2[C@@H](Cc3ccc(NC=O)cc3)C(=O)N(Cc3cccc4ccccc34)C[C@@H]21. The Hall–Kier alpha value is -5.66. The smallest absolute Gasteiger partial charge is 0.333 e. The second kappa shape index (κ2) is 13.5. The zero-order valence-electron chi connectivity index (χ0n) is 25.2. The molecule has 232 valence electrons. The Labute approximate surface area is 267 Å². The van der Waals surface area contributed by atoms with Crippen LogP contribution in [0.2, 0.25) is 0 Å². The Morgan fingerprint density at radius 2 is 1.67 bits per heavy atom. The molecule has 2 fully saturated rings. The lowest BCUT2D eigenvalue weighted by molar-refractivity contribution is -0.157. The Morgan fingerprint density at radius 3 is 2.43 bits per heavy atom. The number of rotatable bonds is 10. The van der Waals surface area contributed by atoms with Gasteiger partial charge in [0, 0.05) is 25.2 Å². The van der Waals surface area contributed by atoms with E-state index in [1.54, 1.807) is 26.9 Å². The van der Waals surface area contributed by atoms with Crippen LogP contribution < -0.4 is 10.6 Å². The highest BCUT2D eigenvalue weighted by atomic mass is 16.2. The molecular formula is C36H34N6O4. The molecule has 2 heterocycles. The molecule has 0 unspecified atom stereocenters. The standard InChI is InChI=1S/C36H34N6O4/c1-2-19-40(36(46)37-21-27-9-4-3-5-10-27)41-24-34(44)42-32(20-26-15-17-30(18-16-26)38-25-43)35(45)39(23-33(41)42)22-29-13-8-12-28-11-6-7-14-31(28)29/h1,3-18,25,32-33H,19-24H2,(H,37,46)(H,38,43)/t32-,33+/m0/s1. The Bertz CT molecular complexity index is 1780. The summed E-state index contributed by atoms with van der Waals surface area (Å²) >= 11 is 0. The van der Waals surface area contributed by atoms with Crippen molar-refractivity contribution >= 4 is 40.7 Å². The van der Waals surface area contributed by atoms with Gasteiger partial charge in [-0.3, -0.25) is 14.4 Å². The van der Waals surface area contributed by atoms with Gasteiger partial charge < -0.3 is 20.4 Å². The number of terminal acetylenes is 1. The fourth-order valence-electron chi connectivity index (χ4n) is 6.29. The molecule has 10 nitrogen and oxygen atoms in total. The quantitative estimate of drug-likeness (QED) is 0.210. The molecule has 0 saturated carbocycles. The van der Waals surface area contributed by atoms with Crippen LogP contribution in [-0.2, 0) is 33.9 Å². The molecule has 5 amide bonds. The Kier molecular flexibility index (Phi) is 8.94. The van der Waals surface area contributed by atoms with Crippen LogP contribution >= 0.6 is 0 Å². The van der Waals surface area contributed by atoms with E-state index >= 15 is 0 Å². The molecule has 6 rings (SSSR count). The summed E-state index contributed by atoms with van der Waals surface area (Å²) in [7, 11) is 0. The van der Waals surface area contributed by atoms with Gasteiger partial charge in [-0.05, 0) is 39.6 Å². The van der Waals surface area contributed by atoms with Crippen molar-refractivity contribution in [2.75, 3.05) is 25.0 Å². The van der Waals surface area contributed by atoms with Gasteiger partial charge in [-0.1, -0.05) is 90.8 Å². The van der Waals surface area contributed by atoms with Crippen molar-refractivity contribution in [3.63, 3.8) is 0 Å². The summed E-state index contributed by atoms with van der Waals surface area (Å²) in [6.07, 6.45) is 5.97. The highest BCUT2D eigenvalue weighted by molar-refractivity contribution is 5.92. The van der Waals surface area contributed by atoms with Crippen molar-refractivity contribution in [3.8, 4) is 12.3 Å². The molecule has 0 spiro atoms. The molecule has 0 aliphatic carbocycles. The van der Waals surface area contributed by atoms with Crippen LogP contribution in [-0.4, -0.2) is 75.9 Å². The first-order valence-electron chi connectivity index (χ1n) is 15.1. The minimum Gasteiger partial charge on any atom is -0.333 e. The minimum absolute atomic E-state index is 0.0502. The molecule has 0 bridgehead atoms. The van der Waals surface area contributed by atoms with E-state index in [9.17, 15) is 19.2 Å². The zero-order valence-corrected chi connectivity index (χ0v) is 25.2. The fourth-order valence-corrected chi connectivity index (χ4v) is 6.29. The average molecular weight is 615 g/mol. The Morgan fingerprint density at radius 1 is 0.935 bits per heavy atom. The molecule has 2 atom stereocenters.